The van der Waals surface area contributed by atoms with Gasteiger partial charge >= 0.3 is 0 Å². The van der Waals surface area contributed by atoms with Crippen LogP contribution in [0.2, 0.25) is 0 Å². The number of benzene rings is 1. The van der Waals surface area contributed by atoms with Crippen LogP contribution in [0, 0.1) is 29.4 Å². The number of hydrogen-bond acceptors (Lipinski definition) is 4. The first kappa shape index (κ1) is 16.1. The number of nitrogens with zero attached hydrogens (tertiary/aromatic N) is 1. The van der Waals surface area contributed by atoms with Crippen LogP contribution in [0.4, 0.5) is 11.4 Å². The summed E-state index contributed by atoms with van der Waals surface area (Å²) in [5, 5.41) is 13.6. The van der Waals surface area contributed by atoms with Crippen LogP contribution in [0.3, 0.4) is 0 Å². The van der Waals surface area contributed by atoms with E-state index in [1.165, 1.54) is 6.07 Å². The number of nitro benzene ring substituents is 1. The van der Waals surface area contributed by atoms with E-state index < -0.39 is 11.0 Å². The summed E-state index contributed by atoms with van der Waals surface area (Å²) in [4.78, 5) is 22.5. The fourth-order valence-corrected chi connectivity index (χ4v) is 1.78. The number of nitro groups is 1. The third kappa shape index (κ3) is 3.54. The van der Waals surface area contributed by atoms with Gasteiger partial charge in [0.2, 0.25) is 5.91 Å². The fraction of sp³-hybridized carbons (Fsp3) is 0.500. The van der Waals surface area contributed by atoms with Gasteiger partial charge in [-0.2, -0.15) is 0 Å². The van der Waals surface area contributed by atoms with Crippen LogP contribution in [0.15, 0.2) is 12.1 Å². The Morgan fingerprint density at radius 3 is 2.30 bits per heavy atom. The molecular formula is C14H21N3O3. The average Bonchev–Trinajstić information content (AvgIpc) is 2.29. The minimum absolute atomic E-state index is 0.0183. The molecule has 6 heteroatoms. The lowest BCUT2D eigenvalue weighted by Crippen LogP contribution is -2.45. The van der Waals surface area contributed by atoms with E-state index in [9.17, 15) is 14.9 Å². The van der Waals surface area contributed by atoms with Gasteiger partial charge in [0.1, 0.15) is 0 Å². The van der Waals surface area contributed by atoms with Gasteiger partial charge in [-0.3, -0.25) is 14.9 Å². The van der Waals surface area contributed by atoms with Crippen molar-refractivity contribution in [3.63, 3.8) is 0 Å². The molecule has 0 saturated heterocycles. The molecule has 6 nitrogen and oxygen atoms in total. The van der Waals surface area contributed by atoms with Gasteiger partial charge in [0, 0.05) is 11.6 Å². The van der Waals surface area contributed by atoms with Crippen LogP contribution in [-0.4, -0.2) is 16.9 Å². The first-order chi connectivity index (χ1) is 9.04. The zero-order valence-electron chi connectivity index (χ0n) is 12.5. The summed E-state index contributed by atoms with van der Waals surface area (Å²) < 4.78 is 0. The van der Waals surface area contributed by atoms with Gasteiger partial charge in [0.05, 0.1) is 16.7 Å². The average molecular weight is 279 g/mol. The van der Waals surface area contributed by atoms with Gasteiger partial charge in [-0.1, -0.05) is 20.8 Å². The minimum Gasteiger partial charge on any atom is -0.324 e. The third-order valence-electron chi connectivity index (χ3n) is 3.21. The predicted molar refractivity (Wildman–Crippen MR) is 78.6 cm³/mol. The largest absolute Gasteiger partial charge is 0.324 e. The van der Waals surface area contributed by atoms with E-state index in [4.69, 9.17) is 5.73 Å². The topological polar surface area (TPSA) is 98.3 Å². The second-order valence-corrected chi connectivity index (χ2v) is 6.04. The van der Waals surface area contributed by atoms with Crippen molar-refractivity contribution in [2.75, 3.05) is 5.32 Å². The molecule has 0 radical (unpaired) electrons. The summed E-state index contributed by atoms with van der Waals surface area (Å²) in [7, 11) is 0. The zero-order valence-corrected chi connectivity index (χ0v) is 12.5. The summed E-state index contributed by atoms with van der Waals surface area (Å²) in [5.74, 6) is -0.348. The van der Waals surface area contributed by atoms with Crippen LogP contribution in [0.25, 0.3) is 0 Å². The number of hydrogen-bond donors (Lipinski definition) is 2. The predicted octanol–water partition coefficient (Wildman–Crippen LogP) is 2.52. The third-order valence-corrected chi connectivity index (χ3v) is 3.21. The van der Waals surface area contributed by atoms with Gasteiger partial charge in [0.25, 0.3) is 5.69 Å². The molecule has 0 heterocycles. The van der Waals surface area contributed by atoms with Crippen LogP contribution in [0.5, 0.6) is 0 Å². The summed E-state index contributed by atoms with van der Waals surface area (Å²) in [6.45, 7) is 9.04. The van der Waals surface area contributed by atoms with Gasteiger partial charge in [-0.05, 0) is 30.9 Å². The molecule has 20 heavy (non-hydrogen) atoms. The van der Waals surface area contributed by atoms with Gasteiger partial charge in [0.15, 0.2) is 0 Å². The van der Waals surface area contributed by atoms with Crippen molar-refractivity contribution < 1.29 is 9.72 Å². The molecule has 0 aliphatic rings. The lowest BCUT2D eigenvalue weighted by molar-refractivity contribution is -0.385. The van der Waals surface area contributed by atoms with E-state index in [-0.39, 0.29) is 17.0 Å². The minimum atomic E-state index is -0.692. The number of aryl methyl sites for hydroxylation is 2. The van der Waals surface area contributed by atoms with Crippen molar-refractivity contribution in [2.45, 2.75) is 40.7 Å². The normalized spacial score (nSPS) is 12.9. The number of carbonyl (C=O) groups excluding carboxylic acids is 1. The van der Waals surface area contributed by atoms with Gasteiger partial charge in [-0.25, -0.2) is 0 Å². The molecule has 0 fully saturated rings. The maximum Gasteiger partial charge on any atom is 0.274 e. The van der Waals surface area contributed by atoms with E-state index in [0.29, 0.717) is 11.3 Å². The highest BCUT2D eigenvalue weighted by Crippen LogP contribution is 2.27. The maximum atomic E-state index is 12.1. The van der Waals surface area contributed by atoms with Crippen LogP contribution < -0.4 is 11.1 Å². The summed E-state index contributed by atoms with van der Waals surface area (Å²) >= 11 is 0. The van der Waals surface area contributed by atoms with Crippen molar-refractivity contribution in [3.05, 3.63) is 33.4 Å². The maximum absolute atomic E-state index is 12.1. The van der Waals surface area contributed by atoms with Gasteiger partial charge < -0.3 is 11.1 Å². The highest BCUT2D eigenvalue weighted by Gasteiger charge is 2.28. The number of amides is 1. The highest BCUT2D eigenvalue weighted by atomic mass is 16.6. The molecule has 0 aliphatic heterocycles. The standard InChI is InChI=1S/C14H21N3O3/c1-8-6-9(2)11(17(19)20)7-10(8)16-13(18)12(15)14(3,4)5/h6-7,12H,15H2,1-5H3,(H,16,18)/t12-/m1/s1. The Labute approximate surface area is 118 Å². The Bertz CT molecular complexity index is 547. The quantitative estimate of drug-likeness (QED) is 0.656. The van der Waals surface area contributed by atoms with E-state index in [1.807, 2.05) is 20.8 Å². The number of rotatable bonds is 3. The second kappa shape index (κ2) is 5.58. The summed E-state index contributed by atoms with van der Waals surface area (Å²) in [5.41, 5.74) is 7.23. The molecular weight excluding hydrogens is 258 g/mol. The number of nitrogens with two attached hydrogens (primary N) is 1. The molecule has 1 aromatic carbocycles. The lowest BCUT2D eigenvalue weighted by Gasteiger charge is -2.26. The molecule has 0 aromatic heterocycles. The Morgan fingerprint density at radius 1 is 1.30 bits per heavy atom. The molecule has 1 amide bonds. The zero-order chi connectivity index (χ0) is 15.7. The molecule has 0 aliphatic carbocycles. The highest BCUT2D eigenvalue weighted by molar-refractivity contribution is 5.96. The second-order valence-electron chi connectivity index (χ2n) is 6.04. The number of carbonyl (C=O) groups is 1. The van der Waals surface area contributed by atoms with E-state index in [0.717, 1.165) is 5.56 Å². The summed E-state index contributed by atoms with van der Waals surface area (Å²) in [6.07, 6.45) is 0. The molecule has 0 saturated carbocycles. The smallest absolute Gasteiger partial charge is 0.274 e. The fourth-order valence-electron chi connectivity index (χ4n) is 1.78. The van der Waals surface area contributed by atoms with Gasteiger partial charge in [-0.15, -0.1) is 0 Å². The molecule has 3 N–H and O–H groups in total. The van der Waals surface area contributed by atoms with Crippen molar-refractivity contribution in [3.8, 4) is 0 Å². The van der Waals surface area contributed by atoms with Crippen molar-refractivity contribution in [1.29, 1.82) is 0 Å². The number of anilines is 1. The first-order valence-electron chi connectivity index (χ1n) is 6.36. The SMILES string of the molecule is Cc1cc(C)c([N+](=O)[O-])cc1NC(=O)[C@@H](N)C(C)(C)C. The van der Waals surface area contributed by atoms with Crippen LogP contribution in [0.1, 0.15) is 31.9 Å². The van der Waals surface area contributed by atoms with Crippen molar-refractivity contribution in [2.24, 2.45) is 11.1 Å². The molecule has 1 rings (SSSR count). The Hall–Kier alpha value is -1.95. The van der Waals surface area contributed by atoms with Crippen LogP contribution in [-0.2, 0) is 4.79 Å². The lowest BCUT2D eigenvalue weighted by atomic mass is 9.87. The Morgan fingerprint density at radius 2 is 1.85 bits per heavy atom. The van der Waals surface area contributed by atoms with E-state index in [1.54, 1.807) is 19.9 Å². The number of nitrogens with one attached hydrogen (secondary N) is 1. The van der Waals surface area contributed by atoms with Crippen molar-refractivity contribution in [1.82, 2.24) is 0 Å². The van der Waals surface area contributed by atoms with E-state index in [2.05, 4.69) is 5.32 Å². The Kier molecular flexibility index (Phi) is 4.50. The van der Waals surface area contributed by atoms with E-state index >= 15 is 0 Å². The first-order valence-corrected chi connectivity index (χ1v) is 6.36. The monoisotopic (exact) mass is 279 g/mol. The molecule has 1 aromatic rings. The summed E-state index contributed by atoms with van der Waals surface area (Å²) in [6, 6.07) is 2.36. The molecule has 0 unspecified atom stereocenters. The Balaban J connectivity index is 3.07. The van der Waals surface area contributed by atoms with Crippen molar-refractivity contribution >= 4 is 17.3 Å². The van der Waals surface area contributed by atoms with Crippen LogP contribution >= 0.6 is 0 Å². The molecule has 0 bridgehead atoms. The molecule has 0 spiro atoms. The molecule has 1 atom stereocenters. The molecule has 110 valence electrons.